The lowest BCUT2D eigenvalue weighted by Crippen LogP contribution is -2.18. The van der Waals surface area contributed by atoms with E-state index in [1.54, 1.807) is 13.2 Å². The van der Waals surface area contributed by atoms with Gasteiger partial charge in [0.25, 0.3) is 0 Å². The van der Waals surface area contributed by atoms with Crippen LogP contribution in [0.2, 0.25) is 5.02 Å². The summed E-state index contributed by atoms with van der Waals surface area (Å²) in [5, 5.41) is 0.705. The summed E-state index contributed by atoms with van der Waals surface area (Å²) in [5.41, 5.74) is 1.95. The quantitative estimate of drug-likeness (QED) is 0.651. The van der Waals surface area contributed by atoms with Crippen LogP contribution in [0.5, 0.6) is 11.5 Å². The third-order valence-corrected chi connectivity index (χ3v) is 4.16. The van der Waals surface area contributed by atoms with Gasteiger partial charge >= 0.3 is 0 Å². The van der Waals surface area contributed by atoms with Crippen molar-refractivity contribution in [3.63, 3.8) is 0 Å². The first-order valence-corrected chi connectivity index (χ1v) is 8.11. The van der Waals surface area contributed by atoms with E-state index in [0.717, 1.165) is 22.0 Å². The second-order valence-corrected chi connectivity index (χ2v) is 6.21. The van der Waals surface area contributed by atoms with E-state index >= 15 is 0 Å². The van der Waals surface area contributed by atoms with Crippen LogP contribution < -0.4 is 14.4 Å². The van der Waals surface area contributed by atoms with Gasteiger partial charge in [-0.3, -0.25) is 4.79 Å². The smallest absolute Gasteiger partial charge is 0.157 e. The van der Waals surface area contributed by atoms with Crippen molar-refractivity contribution in [1.29, 1.82) is 0 Å². The van der Waals surface area contributed by atoms with Gasteiger partial charge in [-0.15, -0.1) is 0 Å². The lowest BCUT2D eigenvalue weighted by molar-refractivity contribution is -0.109. The molecule has 0 spiro atoms. The summed E-state index contributed by atoms with van der Waals surface area (Å²) >= 11 is 9.35. The molecule has 0 heterocycles. The van der Waals surface area contributed by atoms with Crippen LogP contribution in [-0.4, -0.2) is 27.1 Å². The standard InChI is InChI=1S/C17H17BrClNO3/c1-20(11-12-3-5-13(19)6-4-12)15-10-16(22-2)14(18)9-17(15)23-8-7-21/h3-7,9-10H,8,11H2,1-2H3. The second kappa shape index (κ2) is 8.22. The predicted molar refractivity (Wildman–Crippen MR) is 95.8 cm³/mol. The molecule has 0 N–H and O–H groups in total. The fourth-order valence-corrected chi connectivity index (χ4v) is 2.78. The number of aldehydes is 1. The number of rotatable bonds is 7. The Morgan fingerprint density at radius 1 is 1.22 bits per heavy atom. The van der Waals surface area contributed by atoms with Crippen molar-refractivity contribution < 1.29 is 14.3 Å². The summed E-state index contributed by atoms with van der Waals surface area (Å²) < 4.78 is 11.6. The maximum Gasteiger partial charge on any atom is 0.157 e. The van der Waals surface area contributed by atoms with Crippen molar-refractivity contribution in [3.05, 3.63) is 51.5 Å². The minimum absolute atomic E-state index is 0.000549. The molecule has 2 aromatic carbocycles. The number of hydrogen-bond acceptors (Lipinski definition) is 4. The molecule has 0 aliphatic carbocycles. The molecule has 0 fully saturated rings. The highest BCUT2D eigenvalue weighted by molar-refractivity contribution is 9.10. The first-order valence-electron chi connectivity index (χ1n) is 6.94. The summed E-state index contributed by atoms with van der Waals surface area (Å²) in [6, 6.07) is 11.3. The fraction of sp³-hybridized carbons (Fsp3) is 0.235. The van der Waals surface area contributed by atoms with Crippen LogP contribution in [0, 0.1) is 0 Å². The van der Waals surface area contributed by atoms with Crippen molar-refractivity contribution in [2.75, 3.05) is 25.7 Å². The van der Waals surface area contributed by atoms with Crippen LogP contribution in [0.4, 0.5) is 5.69 Å². The van der Waals surface area contributed by atoms with Gasteiger partial charge in [-0.2, -0.15) is 0 Å². The molecular formula is C17H17BrClNO3. The molecule has 0 saturated heterocycles. The van der Waals surface area contributed by atoms with Crippen LogP contribution >= 0.6 is 27.5 Å². The Morgan fingerprint density at radius 2 is 1.91 bits per heavy atom. The Bertz CT molecular complexity index is 676. The number of carbonyl (C=O) groups excluding carboxylic acids is 1. The number of ether oxygens (including phenoxy) is 2. The number of benzene rings is 2. The molecule has 4 nitrogen and oxygen atoms in total. The molecule has 6 heteroatoms. The highest BCUT2D eigenvalue weighted by Gasteiger charge is 2.14. The van der Waals surface area contributed by atoms with Gasteiger partial charge in [-0.05, 0) is 33.6 Å². The van der Waals surface area contributed by atoms with Gasteiger partial charge in [0.15, 0.2) is 6.29 Å². The fourth-order valence-electron chi connectivity index (χ4n) is 2.17. The number of hydrogen-bond donors (Lipinski definition) is 0. The van der Waals surface area contributed by atoms with Gasteiger partial charge in [0.2, 0.25) is 0 Å². The molecule has 0 bridgehead atoms. The summed E-state index contributed by atoms with van der Waals surface area (Å²) in [6.45, 7) is 0.667. The second-order valence-electron chi connectivity index (χ2n) is 4.91. The normalized spacial score (nSPS) is 10.3. The maximum atomic E-state index is 10.6. The zero-order valence-corrected chi connectivity index (χ0v) is 15.2. The first-order chi connectivity index (χ1) is 11.0. The minimum Gasteiger partial charge on any atom is -0.495 e. The molecule has 0 unspecified atom stereocenters. The molecule has 0 radical (unpaired) electrons. The van der Waals surface area contributed by atoms with Gasteiger partial charge < -0.3 is 14.4 Å². The SMILES string of the molecule is COc1cc(N(C)Cc2ccc(Cl)cc2)c(OCC=O)cc1Br. The van der Waals surface area contributed by atoms with Gasteiger partial charge in [0, 0.05) is 30.7 Å². The lowest BCUT2D eigenvalue weighted by Gasteiger charge is -2.23. The van der Waals surface area contributed by atoms with Crippen LogP contribution in [0.1, 0.15) is 5.56 Å². The summed E-state index contributed by atoms with van der Waals surface area (Å²) in [4.78, 5) is 12.6. The average Bonchev–Trinajstić information content (AvgIpc) is 2.55. The Balaban J connectivity index is 2.30. The number of anilines is 1. The molecule has 0 aliphatic heterocycles. The summed E-state index contributed by atoms with van der Waals surface area (Å²) in [6.07, 6.45) is 0.723. The largest absolute Gasteiger partial charge is 0.495 e. The van der Waals surface area contributed by atoms with Crippen LogP contribution in [-0.2, 0) is 11.3 Å². The van der Waals surface area contributed by atoms with E-state index in [1.807, 2.05) is 42.3 Å². The van der Waals surface area contributed by atoms with Crippen molar-refractivity contribution in [2.24, 2.45) is 0 Å². The van der Waals surface area contributed by atoms with Crippen LogP contribution in [0.3, 0.4) is 0 Å². The summed E-state index contributed by atoms with van der Waals surface area (Å²) in [7, 11) is 3.56. The van der Waals surface area contributed by atoms with E-state index in [9.17, 15) is 4.79 Å². The lowest BCUT2D eigenvalue weighted by atomic mass is 10.2. The van der Waals surface area contributed by atoms with E-state index in [0.29, 0.717) is 23.1 Å². The van der Waals surface area contributed by atoms with E-state index in [4.69, 9.17) is 21.1 Å². The highest BCUT2D eigenvalue weighted by atomic mass is 79.9. The molecule has 2 aromatic rings. The van der Waals surface area contributed by atoms with Gasteiger partial charge in [-0.25, -0.2) is 0 Å². The van der Waals surface area contributed by atoms with Crippen LogP contribution in [0.25, 0.3) is 0 Å². The van der Waals surface area contributed by atoms with E-state index < -0.39 is 0 Å². The molecule has 0 aliphatic rings. The minimum atomic E-state index is 0.000549. The van der Waals surface area contributed by atoms with E-state index in [-0.39, 0.29) is 6.61 Å². The Kier molecular flexibility index (Phi) is 6.30. The van der Waals surface area contributed by atoms with E-state index in [1.165, 1.54) is 0 Å². The average molecular weight is 399 g/mol. The molecule has 0 aromatic heterocycles. The number of halogens is 2. The molecule has 0 saturated carbocycles. The van der Waals surface area contributed by atoms with Crippen molar-refractivity contribution in [1.82, 2.24) is 0 Å². The Hall–Kier alpha value is -1.72. The van der Waals surface area contributed by atoms with Gasteiger partial charge in [-0.1, -0.05) is 23.7 Å². The highest BCUT2D eigenvalue weighted by Crippen LogP contribution is 2.38. The number of methoxy groups -OCH3 is 1. The zero-order chi connectivity index (χ0) is 16.8. The van der Waals surface area contributed by atoms with Crippen molar-refractivity contribution >= 4 is 39.5 Å². The third-order valence-electron chi connectivity index (χ3n) is 3.28. The molecule has 2 rings (SSSR count). The predicted octanol–water partition coefficient (Wildman–Crippen LogP) is 4.33. The Labute approximate surface area is 149 Å². The maximum absolute atomic E-state index is 10.6. The molecular weight excluding hydrogens is 382 g/mol. The molecule has 122 valence electrons. The monoisotopic (exact) mass is 397 g/mol. The molecule has 0 amide bonds. The Morgan fingerprint density at radius 3 is 2.52 bits per heavy atom. The molecule has 23 heavy (non-hydrogen) atoms. The van der Waals surface area contributed by atoms with E-state index in [2.05, 4.69) is 15.9 Å². The van der Waals surface area contributed by atoms with Gasteiger partial charge in [0.1, 0.15) is 18.1 Å². The van der Waals surface area contributed by atoms with Crippen molar-refractivity contribution in [2.45, 2.75) is 6.54 Å². The van der Waals surface area contributed by atoms with Crippen LogP contribution in [0.15, 0.2) is 40.9 Å². The third kappa shape index (κ3) is 4.62. The topological polar surface area (TPSA) is 38.8 Å². The van der Waals surface area contributed by atoms with Crippen molar-refractivity contribution in [3.8, 4) is 11.5 Å². The van der Waals surface area contributed by atoms with Gasteiger partial charge in [0.05, 0.1) is 17.3 Å². The number of nitrogens with zero attached hydrogens (tertiary/aromatic N) is 1. The summed E-state index contributed by atoms with van der Waals surface area (Å²) in [5.74, 6) is 1.31. The zero-order valence-electron chi connectivity index (χ0n) is 12.9. The number of carbonyl (C=O) groups is 1. The molecule has 0 atom stereocenters. The first kappa shape index (κ1) is 17.6.